The Kier molecular flexibility index (Phi) is 3.77. The second-order valence-corrected chi connectivity index (χ2v) is 5.24. The number of phenolic OH excluding ortho intramolecular Hbond substituents is 1. The molecule has 1 saturated heterocycles. The number of carbonyl (C=O) groups excluding carboxylic acids is 1. The van der Waals surface area contributed by atoms with Crippen LogP contribution in [-0.2, 0) is 0 Å². The summed E-state index contributed by atoms with van der Waals surface area (Å²) in [6.07, 6.45) is 2.50. The molecule has 0 unspecified atom stereocenters. The lowest BCUT2D eigenvalue weighted by Gasteiger charge is -2.17. The molecule has 1 heterocycles. The zero-order valence-corrected chi connectivity index (χ0v) is 11.7. The molecule has 21 heavy (non-hydrogen) atoms. The van der Waals surface area contributed by atoms with Crippen LogP contribution < -0.4 is 10.2 Å². The molecule has 0 aliphatic carbocycles. The quantitative estimate of drug-likeness (QED) is 0.908. The van der Waals surface area contributed by atoms with Gasteiger partial charge in [-0.2, -0.15) is 0 Å². The van der Waals surface area contributed by atoms with Gasteiger partial charge >= 0.3 is 0 Å². The van der Waals surface area contributed by atoms with Gasteiger partial charge in [0.25, 0.3) is 5.91 Å². The molecule has 1 aliphatic rings. The lowest BCUT2D eigenvalue weighted by atomic mass is 10.2. The zero-order valence-electron chi connectivity index (χ0n) is 11.7. The third-order valence-electron chi connectivity index (χ3n) is 3.73. The largest absolute Gasteiger partial charge is 0.508 e. The fourth-order valence-electron chi connectivity index (χ4n) is 2.55. The van der Waals surface area contributed by atoms with Crippen LogP contribution in [-0.4, -0.2) is 24.1 Å². The maximum absolute atomic E-state index is 12.1. The molecule has 1 aliphatic heterocycles. The summed E-state index contributed by atoms with van der Waals surface area (Å²) in [5.74, 6) is -0.0227. The smallest absolute Gasteiger partial charge is 0.255 e. The third-order valence-corrected chi connectivity index (χ3v) is 3.73. The van der Waals surface area contributed by atoms with Crippen molar-refractivity contribution in [3.8, 4) is 5.75 Å². The van der Waals surface area contributed by atoms with Gasteiger partial charge < -0.3 is 15.3 Å². The number of anilines is 2. The van der Waals surface area contributed by atoms with Crippen LogP contribution in [0.1, 0.15) is 23.2 Å². The van der Waals surface area contributed by atoms with Crippen molar-refractivity contribution in [2.45, 2.75) is 12.8 Å². The Hall–Kier alpha value is -2.49. The highest BCUT2D eigenvalue weighted by atomic mass is 16.3. The molecule has 0 saturated carbocycles. The molecule has 4 heteroatoms. The van der Waals surface area contributed by atoms with E-state index in [2.05, 4.69) is 10.2 Å². The number of hydrogen-bond acceptors (Lipinski definition) is 3. The first-order valence-electron chi connectivity index (χ1n) is 7.18. The van der Waals surface area contributed by atoms with E-state index in [-0.39, 0.29) is 11.7 Å². The van der Waals surface area contributed by atoms with Crippen molar-refractivity contribution in [1.29, 1.82) is 0 Å². The Balaban J connectivity index is 1.67. The second-order valence-electron chi connectivity index (χ2n) is 5.24. The first-order chi connectivity index (χ1) is 10.2. The predicted octanol–water partition coefficient (Wildman–Crippen LogP) is 3.24. The summed E-state index contributed by atoms with van der Waals surface area (Å²) in [6.45, 7) is 2.22. The molecule has 3 rings (SSSR count). The van der Waals surface area contributed by atoms with Crippen molar-refractivity contribution in [3.63, 3.8) is 0 Å². The molecule has 108 valence electrons. The molecular weight excluding hydrogens is 264 g/mol. The fourth-order valence-corrected chi connectivity index (χ4v) is 2.55. The first-order valence-corrected chi connectivity index (χ1v) is 7.18. The van der Waals surface area contributed by atoms with Gasteiger partial charge in [0.1, 0.15) is 5.75 Å². The molecule has 0 bridgehead atoms. The standard InChI is InChI=1S/C17H18N2O2/c20-16-9-3-13(4-10-16)17(21)18-14-5-7-15(8-6-14)19-11-1-2-12-19/h3-10,20H,1-2,11-12H2,(H,18,21). The minimum absolute atomic E-state index is 0.154. The van der Waals surface area contributed by atoms with Crippen molar-refractivity contribution in [1.82, 2.24) is 0 Å². The van der Waals surface area contributed by atoms with Crippen molar-refractivity contribution >= 4 is 17.3 Å². The Bertz CT molecular complexity index is 614. The van der Waals surface area contributed by atoms with Crippen molar-refractivity contribution in [2.24, 2.45) is 0 Å². The lowest BCUT2D eigenvalue weighted by Crippen LogP contribution is -2.17. The van der Waals surface area contributed by atoms with E-state index >= 15 is 0 Å². The van der Waals surface area contributed by atoms with Gasteiger partial charge in [0, 0.05) is 30.0 Å². The number of aromatic hydroxyl groups is 1. The number of phenols is 1. The van der Waals surface area contributed by atoms with Crippen molar-refractivity contribution < 1.29 is 9.90 Å². The average molecular weight is 282 g/mol. The maximum Gasteiger partial charge on any atom is 0.255 e. The number of benzene rings is 2. The number of carbonyl (C=O) groups is 1. The molecule has 1 fully saturated rings. The summed E-state index contributed by atoms with van der Waals surface area (Å²) < 4.78 is 0. The van der Waals surface area contributed by atoms with E-state index in [1.165, 1.54) is 30.7 Å². The van der Waals surface area contributed by atoms with Gasteiger partial charge in [-0.1, -0.05) is 0 Å². The summed E-state index contributed by atoms with van der Waals surface area (Å²) in [6, 6.07) is 14.1. The van der Waals surface area contributed by atoms with Crippen LogP contribution in [0.15, 0.2) is 48.5 Å². The lowest BCUT2D eigenvalue weighted by molar-refractivity contribution is 0.102. The Labute approximate surface area is 124 Å². The molecule has 2 aromatic carbocycles. The molecule has 2 N–H and O–H groups in total. The number of nitrogens with zero attached hydrogens (tertiary/aromatic N) is 1. The van der Waals surface area contributed by atoms with Crippen LogP contribution in [0.3, 0.4) is 0 Å². The number of rotatable bonds is 3. The summed E-state index contributed by atoms with van der Waals surface area (Å²) in [7, 11) is 0. The minimum atomic E-state index is -0.177. The number of nitrogens with one attached hydrogen (secondary N) is 1. The van der Waals surface area contributed by atoms with Crippen LogP contribution in [0, 0.1) is 0 Å². The van der Waals surface area contributed by atoms with E-state index < -0.39 is 0 Å². The van der Waals surface area contributed by atoms with E-state index in [1.807, 2.05) is 24.3 Å². The van der Waals surface area contributed by atoms with E-state index in [4.69, 9.17) is 0 Å². The summed E-state index contributed by atoms with van der Waals surface area (Å²) >= 11 is 0. The maximum atomic E-state index is 12.1. The van der Waals surface area contributed by atoms with Gasteiger partial charge in [-0.05, 0) is 61.4 Å². The zero-order chi connectivity index (χ0) is 14.7. The van der Waals surface area contributed by atoms with Gasteiger partial charge in [0.05, 0.1) is 0 Å². The van der Waals surface area contributed by atoms with Crippen LogP contribution in [0.25, 0.3) is 0 Å². The molecule has 0 atom stereocenters. The molecule has 2 aromatic rings. The van der Waals surface area contributed by atoms with Gasteiger partial charge in [-0.3, -0.25) is 4.79 Å². The van der Waals surface area contributed by atoms with Gasteiger partial charge in [-0.15, -0.1) is 0 Å². The van der Waals surface area contributed by atoms with E-state index in [1.54, 1.807) is 12.1 Å². The van der Waals surface area contributed by atoms with E-state index in [0.717, 1.165) is 18.8 Å². The summed E-state index contributed by atoms with van der Waals surface area (Å²) in [5.41, 5.74) is 2.50. The third kappa shape index (κ3) is 3.16. The Morgan fingerprint density at radius 3 is 2.19 bits per heavy atom. The van der Waals surface area contributed by atoms with Crippen LogP contribution in [0.5, 0.6) is 5.75 Å². The second kappa shape index (κ2) is 5.87. The van der Waals surface area contributed by atoms with E-state index in [9.17, 15) is 9.90 Å². The Morgan fingerprint density at radius 2 is 1.57 bits per heavy atom. The highest BCUT2D eigenvalue weighted by Crippen LogP contribution is 2.22. The average Bonchev–Trinajstić information content (AvgIpc) is 3.03. The van der Waals surface area contributed by atoms with Crippen LogP contribution in [0.4, 0.5) is 11.4 Å². The first kappa shape index (κ1) is 13.5. The van der Waals surface area contributed by atoms with Crippen molar-refractivity contribution in [3.05, 3.63) is 54.1 Å². The normalized spacial score (nSPS) is 14.2. The fraction of sp³-hybridized carbons (Fsp3) is 0.235. The minimum Gasteiger partial charge on any atom is -0.508 e. The predicted molar refractivity (Wildman–Crippen MR) is 83.9 cm³/mol. The molecule has 4 nitrogen and oxygen atoms in total. The molecule has 0 radical (unpaired) electrons. The molecule has 1 amide bonds. The van der Waals surface area contributed by atoms with Gasteiger partial charge in [0.15, 0.2) is 0 Å². The van der Waals surface area contributed by atoms with E-state index in [0.29, 0.717) is 5.56 Å². The number of amides is 1. The topological polar surface area (TPSA) is 52.6 Å². The SMILES string of the molecule is O=C(Nc1ccc(N2CCCC2)cc1)c1ccc(O)cc1. The highest BCUT2D eigenvalue weighted by Gasteiger charge is 2.12. The molecular formula is C17H18N2O2. The summed E-state index contributed by atoms with van der Waals surface area (Å²) in [4.78, 5) is 14.4. The highest BCUT2D eigenvalue weighted by molar-refractivity contribution is 6.04. The summed E-state index contributed by atoms with van der Waals surface area (Å²) in [5, 5.41) is 12.1. The molecule has 0 aromatic heterocycles. The monoisotopic (exact) mass is 282 g/mol. The van der Waals surface area contributed by atoms with Crippen LogP contribution >= 0.6 is 0 Å². The van der Waals surface area contributed by atoms with Gasteiger partial charge in [0.2, 0.25) is 0 Å². The van der Waals surface area contributed by atoms with Crippen LogP contribution in [0.2, 0.25) is 0 Å². The number of hydrogen-bond donors (Lipinski definition) is 2. The molecule has 0 spiro atoms. The van der Waals surface area contributed by atoms with Gasteiger partial charge in [-0.25, -0.2) is 0 Å². The Morgan fingerprint density at radius 1 is 0.952 bits per heavy atom. The van der Waals surface area contributed by atoms with Crippen molar-refractivity contribution in [2.75, 3.05) is 23.3 Å².